The highest BCUT2D eigenvalue weighted by Gasteiger charge is 2.09. The maximum Gasteiger partial charge on any atom is 0.132 e. The number of carbonyl (C=O) groups is 2. The van der Waals surface area contributed by atoms with Crippen LogP contribution in [0.3, 0.4) is 0 Å². The first kappa shape index (κ1) is 47.8. The summed E-state index contributed by atoms with van der Waals surface area (Å²) < 4.78 is 0. The minimum atomic E-state index is 0.447. The number of hydrogen-bond donors (Lipinski definition) is 0. The van der Waals surface area contributed by atoms with Crippen LogP contribution in [0.1, 0.15) is 239 Å². The minimum absolute atomic E-state index is 0.447. The summed E-state index contributed by atoms with van der Waals surface area (Å²) in [6.45, 7) is 9.90. The fraction of sp³-hybridized carbons (Fsp3) is 0.870. The van der Waals surface area contributed by atoms with Gasteiger partial charge in [0.1, 0.15) is 11.6 Å². The Morgan fingerprint density at radius 1 is 0.327 bits per heavy atom. The van der Waals surface area contributed by atoms with Crippen LogP contribution in [-0.2, 0) is 9.59 Å². The first-order chi connectivity index (χ1) is 24.1. The number of carbonyl (C=O) groups excluding carboxylic acids is 2. The molecule has 0 aliphatic rings. The van der Waals surface area contributed by atoms with Crippen molar-refractivity contribution in [1.82, 2.24) is 4.90 Å². The second kappa shape index (κ2) is 41.2. The van der Waals surface area contributed by atoms with Crippen LogP contribution in [0.25, 0.3) is 0 Å². The average Bonchev–Trinajstić information content (AvgIpc) is 3.10. The first-order valence-electron chi connectivity index (χ1n) is 22.2. The molecule has 49 heavy (non-hydrogen) atoms. The van der Waals surface area contributed by atoms with E-state index in [9.17, 15) is 9.59 Å². The fourth-order valence-corrected chi connectivity index (χ4v) is 6.75. The number of ketones is 2. The van der Waals surface area contributed by atoms with Crippen molar-refractivity contribution in [1.29, 1.82) is 0 Å². The van der Waals surface area contributed by atoms with Crippen molar-refractivity contribution in [3.05, 3.63) is 24.3 Å². The van der Waals surface area contributed by atoms with E-state index in [1.165, 1.54) is 167 Å². The van der Waals surface area contributed by atoms with Gasteiger partial charge in [-0.1, -0.05) is 154 Å². The molecule has 0 aromatic carbocycles. The highest BCUT2D eigenvalue weighted by Crippen LogP contribution is 2.13. The summed E-state index contributed by atoms with van der Waals surface area (Å²) >= 11 is 0. The van der Waals surface area contributed by atoms with Gasteiger partial charge in [-0.05, 0) is 103 Å². The van der Waals surface area contributed by atoms with Crippen molar-refractivity contribution in [2.75, 3.05) is 19.6 Å². The lowest BCUT2D eigenvalue weighted by Gasteiger charge is -2.21. The van der Waals surface area contributed by atoms with Crippen LogP contribution in [-0.4, -0.2) is 36.1 Å². The first-order valence-corrected chi connectivity index (χ1v) is 22.2. The molecule has 0 saturated carbocycles. The largest absolute Gasteiger partial charge is 0.303 e. The van der Waals surface area contributed by atoms with Crippen LogP contribution in [0.2, 0.25) is 0 Å². The van der Waals surface area contributed by atoms with Crippen LogP contribution in [0.15, 0.2) is 24.3 Å². The molecule has 0 heterocycles. The van der Waals surface area contributed by atoms with Crippen molar-refractivity contribution < 1.29 is 9.59 Å². The summed E-state index contributed by atoms with van der Waals surface area (Å²) in [6.07, 6.45) is 50.6. The third-order valence-electron chi connectivity index (χ3n) is 10.1. The zero-order chi connectivity index (χ0) is 35.7. The van der Waals surface area contributed by atoms with Gasteiger partial charge in [0.05, 0.1) is 0 Å². The number of nitrogens with zero attached hydrogens (tertiary/aromatic N) is 1. The molecule has 0 saturated heterocycles. The topological polar surface area (TPSA) is 37.4 Å². The molecule has 0 aromatic heterocycles. The summed E-state index contributed by atoms with van der Waals surface area (Å²) in [6, 6.07) is 0. The fourth-order valence-electron chi connectivity index (χ4n) is 6.75. The Bertz CT molecular complexity index is 683. The Morgan fingerprint density at radius 2 is 0.592 bits per heavy atom. The van der Waals surface area contributed by atoms with E-state index in [0.717, 1.165) is 71.0 Å². The van der Waals surface area contributed by atoms with E-state index >= 15 is 0 Å². The lowest BCUT2D eigenvalue weighted by atomic mass is 10.0. The van der Waals surface area contributed by atoms with E-state index in [4.69, 9.17) is 0 Å². The van der Waals surface area contributed by atoms with Crippen molar-refractivity contribution in [3.8, 4) is 0 Å². The van der Waals surface area contributed by atoms with Gasteiger partial charge in [0, 0.05) is 25.7 Å². The van der Waals surface area contributed by atoms with E-state index in [0.29, 0.717) is 11.6 Å². The molecule has 0 aromatic rings. The molecule has 0 bridgehead atoms. The van der Waals surface area contributed by atoms with Gasteiger partial charge in [-0.3, -0.25) is 9.59 Å². The van der Waals surface area contributed by atoms with Crippen LogP contribution in [0, 0.1) is 0 Å². The quantitative estimate of drug-likeness (QED) is 0.0475. The Balaban J connectivity index is 3.72. The molecule has 0 N–H and O–H groups in total. The van der Waals surface area contributed by atoms with Crippen LogP contribution in [0.5, 0.6) is 0 Å². The van der Waals surface area contributed by atoms with Gasteiger partial charge in [-0.2, -0.15) is 0 Å². The molecule has 0 radical (unpaired) electrons. The minimum Gasteiger partial charge on any atom is -0.303 e. The molecule has 0 rings (SSSR count). The van der Waals surface area contributed by atoms with Gasteiger partial charge in [0.15, 0.2) is 0 Å². The van der Waals surface area contributed by atoms with Crippen molar-refractivity contribution in [2.24, 2.45) is 0 Å². The molecule has 0 amide bonds. The second-order valence-corrected chi connectivity index (χ2v) is 15.1. The molecule has 3 nitrogen and oxygen atoms in total. The van der Waals surface area contributed by atoms with E-state index in [-0.39, 0.29) is 0 Å². The third-order valence-corrected chi connectivity index (χ3v) is 10.1. The smallest absolute Gasteiger partial charge is 0.132 e. The van der Waals surface area contributed by atoms with Gasteiger partial charge in [0.2, 0.25) is 0 Å². The number of hydrogen-bond acceptors (Lipinski definition) is 3. The molecular weight excluding hydrogens is 599 g/mol. The molecule has 0 aliphatic heterocycles. The zero-order valence-corrected chi connectivity index (χ0v) is 33.7. The van der Waals surface area contributed by atoms with E-state index in [1.54, 1.807) is 0 Å². The zero-order valence-electron chi connectivity index (χ0n) is 33.7. The Labute approximate surface area is 308 Å². The van der Waals surface area contributed by atoms with Crippen molar-refractivity contribution in [3.63, 3.8) is 0 Å². The van der Waals surface area contributed by atoms with Crippen molar-refractivity contribution >= 4 is 11.6 Å². The Kier molecular flexibility index (Phi) is 40.2. The third kappa shape index (κ3) is 39.4. The van der Waals surface area contributed by atoms with Crippen LogP contribution >= 0.6 is 0 Å². The Hall–Kier alpha value is -1.22. The second-order valence-electron chi connectivity index (χ2n) is 15.1. The van der Waals surface area contributed by atoms with Gasteiger partial charge in [0.25, 0.3) is 0 Å². The highest BCUT2D eigenvalue weighted by atomic mass is 16.1. The average molecular weight is 686 g/mol. The molecule has 0 fully saturated rings. The summed E-state index contributed by atoms with van der Waals surface area (Å²) in [5.41, 5.74) is 0. The predicted molar refractivity (Wildman–Crippen MR) is 219 cm³/mol. The maximum absolute atomic E-state index is 12.5. The molecule has 0 aliphatic carbocycles. The van der Waals surface area contributed by atoms with Crippen LogP contribution < -0.4 is 0 Å². The lowest BCUT2D eigenvalue weighted by Crippen LogP contribution is -2.28. The molecule has 3 heteroatoms. The van der Waals surface area contributed by atoms with Gasteiger partial charge >= 0.3 is 0 Å². The predicted octanol–water partition coefficient (Wildman–Crippen LogP) is 14.9. The molecule has 0 atom stereocenters. The molecule has 0 spiro atoms. The summed E-state index contributed by atoms with van der Waals surface area (Å²) in [4.78, 5) is 27.5. The van der Waals surface area contributed by atoms with Gasteiger partial charge in [-0.15, -0.1) is 0 Å². The van der Waals surface area contributed by atoms with Crippen molar-refractivity contribution in [2.45, 2.75) is 239 Å². The highest BCUT2D eigenvalue weighted by molar-refractivity contribution is 5.78. The molecule has 0 unspecified atom stereocenters. The summed E-state index contributed by atoms with van der Waals surface area (Å²) in [5.74, 6) is 0.895. The number of unbranched alkanes of at least 4 members (excludes halogenated alkanes) is 23. The number of rotatable bonds is 41. The monoisotopic (exact) mass is 686 g/mol. The normalized spacial score (nSPS) is 11.9. The van der Waals surface area contributed by atoms with Gasteiger partial charge in [-0.25, -0.2) is 0 Å². The van der Waals surface area contributed by atoms with E-state index < -0.39 is 0 Å². The standard InChI is InChI=1S/C46H87NO2/c1-4-7-10-12-14-16-18-20-22-24-26-28-30-32-34-38-45(48)40-36-43-47(42-9-6-3)44-37-41-46(49)39-35-33-31-29-27-25-23-21-19-17-15-13-11-8-5-2/h20-23H,4-19,24-44H2,1-3H3/b22-20-,23-21-. The van der Waals surface area contributed by atoms with Gasteiger partial charge < -0.3 is 4.90 Å². The molecular formula is C46H87NO2. The number of Topliss-reactive ketones (excluding diaryl/α,β-unsaturated/α-hetero) is 2. The molecule has 288 valence electrons. The Morgan fingerprint density at radius 3 is 0.939 bits per heavy atom. The SMILES string of the molecule is CCCCCCCC/C=C\CCCCCCCC(=O)CCCN(CCCC)CCCC(=O)CCCCCCC/C=C\CCCCCCCC. The number of allylic oxidation sites excluding steroid dienone is 4. The van der Waals surface area contributed by atoms with Crippen LogP contribution in [0.4, 0.5) is 0 Å². The summed E-state index contributed by atoms with van der Waals surface area (Å²) in [5, 5.41) is 0. The maximum atomic E-state index is 12.5. The van der Waals surface area contributed by atoms with E-state index in [2.05, 4.69) is 50.0 Å². The lowest BCUT2D eigenvalue weighted by molar-refractivity contribution is -0.120. The van der Waals surface area contributed by atoms with E-state index in [1.807, 2.05) is 0 Å². The summed E-state index contributed by atoms with van der Waals surface area (Å²) in [7, 11) is 0.